The number of allylic oxidation sites excluding steroid dienone is 1. The van der Waals surface area contributed by atoms with Gasteiger partial charge in [0.05, 0.1) is 0 Å². The van der Waals surface area contributed by atoms with Crippen LogP contribution in [0, 0.1) is 11.8 Å². The summed E-state index contributed by atoms with van der Waals surface area (Å²) in [5.74, 6) is 6.99. The third-order valence-electron chi connectivity index (χ3n) is 5.07. The highest BCUT2D eigenvalue weighted by atomic mass is 19.1. The van der Waals surface area contributed by atoms with E-state index < -0.39 is 6.17 Å². The van der Waals surface area contributed by atoms with Crippen LogP contribution in [-0.4, -0.2) is 6.17 Å². The Kier molecular flexibility index (Phi) is 6.67. The molecule has 0 nitrogen and oxygen atoms in total. The van der Waals surface area contributed by atoms with Crippen LogP contribution in [0.4, 0.5) is 4.39 Å². The fourth-order valence-corrected chi connectivity index (χ4v) is 3.43. The summed E-state index contributed by atoms with van der Waals surface area (Å²) in [6.45, 7) is 2.18. The lowest BCUT2D eigenvalue weighted by Crippen LogP contribution is -2.13. The molecule has 3 rings (SSSR count). The maximum atomic E-state index is 13.3. The lowest BCUT2D eigenvalue weighted by atomic mass is 9.83. The van der Waals surface area contributed by atoms with Crippen molar-refractivity contribution < 1.29 is 4.39 Å². The quantitative estimate of drug-likeness (QED) is 0.528. The molecule has 26 heavy (non-hydrogen) atoms. The van der Waals surface area contributed by atoms with Crippen LogP contribution in [-0.2, 0) is 0 Å². The molecule has 1 aliphatic rings. The Labute approximate surface area is 157 Å². The monoisotopic (exact) mass is 346 g/mol. The van der Waals surface area contributed by atoms with Gasteiger partial charge in [0.1, 0.15) is 6.17 Å². The Morgan fingerprint density at radius 3 is 2.04 bits per heavy atom. The van der Waals surface area contributed by atoms with Crippen molar-refractivity contribution in [1.29, 1.82) is 0 Å². The zero-order chi connectivity index (χ0) is 18.2. The molecule has 1 fully saturated rings. The highest BCUT2D eigenvalue weighted by Gasteiger charge is 2.21. The van der Waals surface area contributed by atoms with E-state index in [-0.39, 0.29) is 0 Å². The van der Waals surface area contributed by atoms with Crippen LogP contribution in [0.25, 0.3) is 6.08 Å². The normalized spacial score (nSPS) is 19.9. The van der Waals surface area contributed by atoms with Gasteiger partial charge in [0.25, 0.3) is 0 Å². The second kappa shape index (κ2) is 9.39. The van der Waals surface area contributed by atoms with E-state index in [9.17, 15) is 4.39 Å². The summed E-state index contributed by atoms with van der Waals surface area (Å²) >= 11 is 0. The first-order valence-electron chi connectivity index (χ1n) is 9.77. The first-order valence-corrected chi connectivity index (χ1v) is 9.77. The molecule has 0 aromatic heterocycles. The summed E-state index contributed by atoms with van der Waals surface area (Å²) in [7, 11) is 0. The SMILES string of the molecule is CCC/C=C/c1ccc(C#Cc2ccc(C3CCC(F)CC3)cc2)cc1. The number of alkyl halides is 1. The van der Waals surface area contributed by atoms with Crippen molar-refractivity contribution in [2.45, 2.75) is 57.5 Å². The van der Waals surface area contributed by atoms with E-state index in [1.807, 2.05) is 0 Å². The molecule has 0 N–H and O–H groups in total. The van der Waals surface area contributed by atoms with Crippen LogP contribution in [0.15, 0.2) is 54.6 Å². The Hall–Kier alpha value is -2.33. The van der Waals surface area contributed by atoms with Gasteiger partial charge in [0, 0.05) is 11.1 Å². The van der Waals surface area contributed by atoms with E-state index in [0.717, 1.165) is 30.4 Å². The van der Waals surface area contributed by atoms with Crippen LogP contribution in [0.5, 0.6) is 0 Å². The molecule has 2 aromatic carbocycles. The third kappa shape index (κ3) is 5.33. The average Bonchev–Trinajstić information content (AvgIpc) is 2.69. The van der Waals surface area contributed by atoms with E-state index in [1.165, 1.54) is 17.5 Å². The topological polar surface area (TPSA) is 0 Å². The van der Waals surface area contributed by atoms with Gasteiger partial charge in [-0.25, -0.2) is 4.39 Å². The summed E-state index contributed by atoms with van der Waals surface area (Å²) in [5.41, 5.74) is 4.60. The lowest BCUT2D eigenvalue weighted by molar-refractivity contribution is 0.235. The summed E-state index contributed by atoms with van der Waals surface area (Å²) < 4.78 is 13.3. The van der Waals surface area contributed by atoms with Gasteiger partial charge in [-0.2, -0.15) is 0 Å². The Balaban J connectivity index is 1.61. The van der Waals surface area contributed by atoms with Gasteiger partial charge >= 0.3 is 0 Å². The van der Waals surface area contributed by atoms with E-state index >= 15 is 0 Å². The van der Waals surface area contributed by atoms with Gasteiger partial charge in [-0.15, -0.1) is 0 Å². The van der Waals surface area contributed by atoms with Crippen LogP contribution < -0.4 is 0 Å². The zero-order valence-electron chi connectivity index (χ0n) is 15.5. The van der Waals surface area contributed by atoms with Crippen LogP contribution in [0.2, 0.25) is 0 Å². The minimum atomic E-state index is -0.593. The Morgan fingerprint density at radius 1 is 0.885 bits per heavy atom. The molecule has 0 heterocycles. The fraction of sp³-hybridized carbons (Fsp3) is 0.360. The molecule has 1 aliphatic carbocycles. The highest BCUT2D eigenvalue weighted by molar-refractivity contribution is 5.52. The minimum absolute atomic E-state index is 0.511. The highest BCUT2D eigenvalue weighted by Crippen LogP contribution is 2.33. The van der Waals surface area contributed by atoms with Crippen molar-refractivity contribution in [2.75, 3.05) is 0 Å². The molecule has 2 aromatic rings. The van der Waals surface area contributed by atoms with Gasteiger partial charge in [0.2, 0.25) is 0 Å². The van der Waals surface area contributed by atoms with Crippen molar-refractivity contribution in [3.05, 3.63) is 76.9 Å². The molecule has 0 aliphatic heterocycles. The van der Waals surface area contributed by atoms with E-state index in [0.29, 0.717) is 18.8 Å². The average molecular weight is 346 g/mol. The first kappa shape index (κ1) is 18.5. The summed E-state index contributed by atoms with van der Waals surface area (Å²) in [6.07, 6.45) is 9.41. The molecule has 0 atom stereocenters. The maximum absolute atomic E-state index is 13.3. The summed E-state index contributed by atoms with van der Waals surface area (Å²) in [5, 5.41) is 0. The molecule has 0 spiro atoms. The first-order chi connectivity index (χ1) is 12.7. The summed E-state index contributed by atoms with van der Waals surface area (Å²) in [6, 6.07) is 16.9. The molecule has 0 radical (unpaired) electrons. The van der Waals surface area contributed by atoms with E-state index in [4.69, 9.17) is 0 Å². The van der Waals surface area contributed by atoms with Gasteiger partial charge in [-0.3, -0.25) is 0 Å². The molecule has 134 valence electrons. The van der Waals surface area contributed by atoms with Crippen molar-refractivity contribution in [2.24, 2.45) is 0 Å². The molecule has 0 unspecified atom stereocenters. The molecule has 1 saturated carbocycles. The van der Waals surface area contributed by atoms with E-state index in [2.05, 4.69) is 79.4 Å². The number of hydrogen-bond donors (Lipinski definition) is 0. The summed E-state index contributed by atoms with van der Waals surface area (Å²) in [4.78, 5) is 0. The standard InChI is InChI=1S/C25H27F/c1-2-3-4-5-20-6-8-21(9-7-20)10-11-22-12-14-23(15-13-22)24-16-18-25(26)19-17-24/h4-9,12-15,24-25H,2-3,16-19H2,1H3/b5-4+. The Bertz CT molecular complexity index is 764. The third-order valence-corrected chi connectivity index (χ3v) is 5.07. The second-order valence-electron chi connectivity index (χ2n) is 7.13. The molecule has 1 heteroatoms. The van der Waals surface area contributed by atoms with Crippen LogP contribution in [0.1, 0.15) is 73.6 Å². The molecule has 0 saturated heterocycles. The number of rotatable bonds is 4. The maximum Gasteiger partial charge on any atom is 0.100 e. The van der Waals surface area contributed by atoms with Crippen molar-refractivity contribution >= 4 is 6.08 Å². The van der Waals surface area contributed by atoms with Crippen molar-refractivity contribution in [3.63, 3.8) is 0 Å². The largest absolute Gasteiger partial charge is 0.247 e. The second-order valence-corrected chi connectivity index (χ2v) is 7.13. The fourth-order valence-electron chi connectivity index (χ4n) is 3.43. The number of hydrogen-bond acceptors (Lipinski definition) is 0. The van der Waals surface area contributed by atoms with Gasteiger partial charge < -0.3 is 0 Å². The number of halogens is 1. The van der Waals surface area contributed by atoms with Crippen LogP contribution in [0.3, 0.4) is 0 Å². The van der Waals surface area contributed by atoms with Crippen LogP contribution >= 0.6 is 0 Å². The predicted molar refractivity (Wildman–Crippen MR) is 109 cm³/mol. The predicted octanol–water partition coefficient (Wildman–Crippen LogP) is 6.90. The molecular weight excluding hydrogens is 319 g/mol. The Morgan fingerprint density at radius 2 is 1.46 bits per heavy atom. The minimum Gasteiger partial charge on any atom is -0.247 e. The van der Waals surface area contributed by atoms with Gasteiger partial charge in [0.15, 0.2) is 0 Å². The number of unbranched alkanes of at least 4 members (excludes halogenated alkanes) is 1. The number of benzene rings is 2. The smallest absolute Gasteiger partial charge is 0.100 e. The lowest BCUT2D eigenvalue weighted by Gasteiger charge is -2.24. The molecule has 0 bridgehead atoms. The zero-order valence-corrected chi connectivity index (χ0v) is 15.5. The molecular formula is C25H27F. The van der Waals surface area contributed by atoms with Gasteiger partial charge in [-0.05, 0) is 73.4 Å². The molecule has 0 amide bonds. The van der Waals surface area contributed by atoms with Crippen molar-refractivity contribution in [1.82, 2.24) is 0 Å². The van der Waals surface area contributed by atoms with Gasteiger partial charge in [-0.1, -0.05) is 61.6 Å². The van der Waals surface area contributed by atoms with E-state index in [1.54, 1.807) is 0 Å². The van der Waals surface area contributed by atoms with Crippen molar-refractivity contribution in [3.8, 4) is 11.8 Å².